The molecule has 102 valence electrons. The molecule has 0 unspecified atom stereocenters. The van der Waals surface area contributed by atoms with Crippen molar-refractivity contribution in [2.45, 2.75) is 25.8 Å². The van der Waals surface area contributed by atoms with Crippen LogP contribution in [0.1, 0.15) is 25.0 Å². The van der Waals surface area contributed by atoms with E-state index >= 15 is 0 Å². The first-order chi connectivity index (χ1) is 9.31. The van der Waals surface area contributed by atoms with Crippen LogP contribution in [0.3, 0.4) is 0 Å². The van der Waals surface area contributed by atoms with Gasteiger partial charge in [0.15, 0.2) is 0 Å². The maximum Gasteiger partial charge on any atom is 0.226 e. The van der Waals surface area contributed by atoms with E-state index in [9.17, 15) is 4.79 Å². The molecule has 0 spiro atoms. The lowest BCUT2D eigenvalue weighted by Crippen LogP contribution is -2.41. The number of furan rings is 1. The summed E-state index contributed by atoms with van der Waals surface area (Å²) in [6.07, 6.45) is 3.71. The average Bonchev–Trinajstić information content (AvgIpc) is 2.96. The van der Waals surface area contributed by atoms with E-state index in [0.717, 1.165) is 31.7 Å². The number of amides is 1. The van der Waals surface area contributed by atoms with Gasteiger partial charge in [0.25, 0.3) is 0 Å². The number of piperidine rings is 1. The van der Waals surface area contributed by atoms with Gasteiger partial charge < -0.3 is 14.6 Å². The minimum Gasteiger partial charge on any atom is -0.467 e. The van der Waals surface area contributed by atoms with Crippen LogP contribution in [-0.2, 0) is 11.3 Å². The smallest absolute Gasteiger partial charge is 0.226 e. The molecule has 1 amide bonds. The van der Waals surface area contributed by atoms with Crippen molar-refractivity contribution >= 4 is 5.91 Å². The molecule has 0 aliphatic carbocycles. The fourth-order valence-corrected chi connectivity index (χ4v) is 2.37. The molecule has 0 bridgehead atoms. The number of nitriles is 1. The van der Waals surface area contributed by atoms with E-state index in [-0.39, 0.29) is 11.8 Å². The summed E-state index contributed by atoms with van der Waals surface area (Å²) in [5.74, 6) is 0.989. The second-order valence-electron chi connectivity index (χ2n) is 4.77. The molecule has 0 radical (unpaired) electrons. The Bertz CT molecular complexity index is 430. The highest BCUT2D eigenvalue weighted by Crippen LogP contribution is 2.17. The Morgan fingerprint density at radius 1 is 1.53 bits per heavy atom. The summed E-state index contributed by atoms with van der Waals surface area (Å²) in [5, 5.41) is 12.0. The van der Waals surface area contributed by atoms with E-state index in [2.05, 4.69) is 11.4 Å². The standard InChI is InChI=1S/C14H19N3O2/c15-6-2-9-17(11-13-3-1-10-19-13)14(18)12-4-7-16-8-5-12/h1,3,10,12,16H,2,4-5,7-9,11H2. The van der Waals surface area contributed by atoms with Crippen molar-refractivity contribution in [3.63, 3.8) is 0 Å². The highest BCUT2D eigenvalue weighted by molar-refractivity contribution is 5.79. The van der Waals surface area contributed by atoms with Crippen molar-refractivity contribution in [3.8, 4) is 6.07 Å². The quantitative estimate of drug-likeness (QED) is 0.872. The second kappa shape index (κ2) is 6.95. The predicted molar refractivity (Wildman–Crippen MR) is 69.9 cm³/mol. The molecule has 2 heterocycles. The van der Waals surface area contributed by atoms with Gasteiger partial charge in [0.1, 0.15) is 5.76 Å². The van der Waals surface area contributed by atoms with Gasteiger partial charge in [-0.2, -0.15) is 5.26 Å². The molecule has 1 aliphatic rings. The number of hydrogen-bond acceptors (Lipinski definition) is 4. The van der Waals surface area contributed by atoms with Gasteiger partial charge in [-0.1, -0.05) is 0 Å². The number of rotatable bonds is 5. The van der Waals surface area contributed by atoms with Crippen LogP contribution in [0.25, 0.3) is 0 Å². The summed E-state index contributed by atoms with van der Waals surface area (Å²) >= 11 is 0. The molecular formula is C14H19N3O2. The van der Waals surface area contributed by atoms with Crippen molar-refractivity contribution in [2.75, 3.05) is 19.6 Å². The molecule has 1 saturated heterocycles. The van der Waals surface area contributed by atoms with E-state index in [1.165, 1.54) is 0 Å². The molecule has 1 aliphatic heterocycles. The van der Waals surface area contributed by atoms with Crippen molar-refractivity contribution in [3.05, 3.63) is 24.2 Å². The molecule has 5 nitrogen and oxygen atoms in total. The van der Waals surface area contributed by atoms with Gasteiger partial charge in [0, 0.05) is 12.5 Å². The second-order valence-corrected chi connectivity index (χ2v) is 4.77. The molecule has 0 aromatic carbocycles. The third-order valence-electron chi connectivity index (χ3n) is 3.42. The topological polar surface area (TPSA) is 69.3 Å². The number of nitrogens with one attached hydrogen (secondary N) is 1. The molecule has 2 rings (SSSR count). The van der Waals surface area contributed by atoms with E-state index < -0.39 is 0 Å². The van der Waals surface area contributed by atoms with Crippen LogP contribution in [0, 0.1) is 17.2 Å². The highest BCUT2D eigenvalue weighted by atomic mass is 16.3. The van der Waals surface area contributed by atoms with E-state index in [1.807, 2.05) is 12.1 Å². The fourth-order valence-electron chi connectivity index (χ4n) is 2.37. The third-order valence-corrected chi connectivity index (χ3v) is 3.42. The number of carbonyl (C=O) groups excluding carboxylic acids is 1. The van der Waals surface area contributed by atoms with Crippen LogP contribution in [0.2, 0.25) is 0 Å². The lowest BCUT2D eigenvalue weighted by Gasteiger charge is -2.28. The minimum atomic E-state index is 0.0786. The maximum absolute atomic E-state index is 12.5. The van der Waals surface area contributed by atoms with Gasteiger partial charge in [-0.05, 0) is 38.1 Å². The van der Waals surface area contributed by atoms with Crippen LogP contribution in [0.5, 0.6) is 0 Å². The zero-order valence-corrected chi connectivity index (χ0v) is 11.0. The Morgan fingerprint density at radius 3 is 2.95 bits per heavy atom. The molecule has 1 fully saturated rings. The Labute approximate surface area is 113 Å². The van der Waals surface area contributed by atoms with Crippen LogP contribution in [0.15, 0.2) is 22.8 Å². The Balaban J connectivity index is 1.99. The van der Waals surface area contributed by atoms with Gasteiger partial charge in [-0.15, -0.1) is 0 Å². The third kappa shape index (κ3) is 3.83. The van der Waals surface area contributed by atoms with Crippen molar-refractivity contribution in [1.82, 2.24) is 10.2 Å². The largest absolute Gasteiger partial charge is 0.467 e. The van der Waals surface area contributed by atoms with Crippen LogP contribution in [-0.4, -0.2) is 30.4 Å². The molecule has 1 aromatic heterocycles. The monoisotopic (exact) mass is 261 g/mol. The molecule has 0 atom stereocenters. The Morgan fingerprint density at radius 2 is 2.32 bits per heavy atom. The lowest BCUT2D eigenvalue weighted by atomic mass is 9.96. The van der Waals surface area contributed by atoms with Crippen LogP contribution < -0.4 is 5.32 Å². The van der Waals surface area contributed by atoms with E-state index in [4.69, 9.17) is 9.68 Å². The van der Waals surface area contributed by atoms with Crippen LogP contribution >= 0.6 is 0 Å². The fraction of sp³-hybridized carbons (Fsp3) is 0.571. The predicted octanol–water partition coefficient (Wildman–Crippen LogP) is 1.52. The number of hydrogen-bond donors (Lipinski definition) is 1. The van der Waals surface area contributed by atoms with Gasteiger partial charge in [-0.3, -0.25) is 4.79 Å². The molecule has 1 N–H and O–H groups in total. The number of nitrogens with zero attached hydrogens (tertiary/aromatic N) is 2. The first-order valence-corrected chi connectivity index (χ1v) is 6.70. The Kier molecular flexibility index (Phi) is 4.99. The van der Waals surface area contributed by atoms with Gasteiger partial charge in [0.2, 0.25) is 5.91 Å². The summed E-state index contributed by atoms with van der Waals surface area (Å²) < 4.78 is 5.29. The summed E-state index contributed by atoms with van der Waals surface area (Å²) in [6, 6.07) is 5.77. The first kappa shape index (κ1) is 13.6. The van der Waals surface area contributed by atoms with Crippen molar-refractivity contribution < 1.29 is 9.21 Å². The van der Waals surface area contributed by atoms with Crippen molar-refractivity contribution in [1.29, 1.82) is 5.26 Å². The zero-order valence-electron chi connectivity index (χ0n) is 11.0. The van der Waals surface area contributed by atoms with Crippen LogP contribution in [0.4, 0.5) is 0 Å². The van der Waals surface area contributed by atoms with E-state index in [0.29, 0.717) is 19.5 Å². The normalized spacial score (nSPS) is 15.9. The summed E-state index contributed by atoms with van der Waals surface area (Å²) in [5.41, 5.74) is 0. The number of carbonyl (C=O) groups is 1. The molecule has 1 aromatic rings. The summed E-state index contributed by atoms with van der Waals surface area (Å²) in [6.45, 7) is 2.71. The summed E-state index contributed by atoms with van der Waals surface area (Å²) in [4.78, 5) is 14.2. The van der Waals surface area contributed by atoms with Gasteiger partial charge >= 0.3 is 0 Å². The van der Waals surface area contributed by atoms with Gasteiger partial charge in [-0.25, -0.2) is 0 Å². The highest BCUT2D eigenvalue weighted by Gasteiger charge is 2.26. The molecule has 0 saturated carbocycles. The molecule has 19 heavy (non-hydrogen) atoms. The first-order valence-electron chi connectivity index (χ1n) is 6.70. The van der Waals surface area contributed by atoms with Crippen molar-refractivity contribution in [2.24, 2.45) is 5.92 Å². The Hall–Kier alpha value is -1.80. The SMILES string of the molecule is N#CCCN(Cc1ccco1)C(=O)C1CCNCC1. The maximum atomic E-state index is 12.5. The minimum absolute atomic E-state index is 0.0786. The summed E-state index contributed by atoms with van der Waals surface area (Å²) in [7, 11) is 0. The zero-order chi connectivity index (χ0) is 13.5. The molecule has 5 heteroatoms. The molecular weight excluding hydrogens is 242 g/mol. The lowest BCUT2D eigenvalue weighted by molar-refractivity contribution is -0.137. The van der Waals surface area contributed by atoms with Gasteiger partial charge in [0.05, 0.1) is 25.3 Å². The van der Waals surface area contributed by atoms with E-state index in [1.54, 1.807) is 11.2 Å². The average molecular weight is 261 g/mol.